The Bertz CT molecular complexity index is 1510. The SMILES string of the molecule is COC(=O)c1ccc(OCCOc2ccc(C=NNc3nc(-c4ccccc4)c(C#N)c(=O)[nH]3)cc2)cc1. The van der Waals surface area contributed by atoms with Gasteiger partial charge in [0.2, 0.25) is 5.95 Å². The van der Waals surface area contributed by atoms with Gasteiger partial charge in [-0.3, -0.25) is 9.78 Å². The minimum Gasteiger partial charge on any atom is -0.490 e. The molecule has 0 aliphatic rings. The second-order valence-electron chi connectivity index (χ2n) is 7.77. The van der Waals surface area contributed by atoms with Gasteiger partial charge in [-0.15, -0.1) is 0 Å². The third kappa shape index (κ3) is 6.61. The van der Waals surface area contributed by atoms with Crippen LogP contribution in [0.4, 0.5) is 5.95 Å². The molecule has 190 valence electrons. The number of hydrogen-bond donors (Lipinski definition) is 2. The average Bonchev–Trinajstić information content (AvgIpc) is 2.96. The van der Waals surface area contributed by atoms with Crippen LogP contribution in [0.1, 0.15) is 21.5 Å². The smallest absolute Gasteiger partial charge is 0.337 e. The van der Waals surface area contributed by atoms with Gasteiger partial charge in [0.15, 0.2) is 0 Å². The van der Waals surface area contributed by atoms with Gasteiger partial charge in [0.25, 0.3) is 5.56 Å². The summed E-state index contributed by atoms with van der Waals surface area (Å²) >= 11 is 0. The van der Waals surface area contributed by atoms with Crippen LogP contribution < -0.4 is 20.5 Å². The number of anilines is 1. The molecule has 4 aromatic rings. The van der Waals surface area contributed by atoms with Crippen molar-refractivity contribution in [3.63, 3.8) is 0 Å². The normalized spacial score (nSPS) is 10.5. The van der Waals surface area contributed by atoms with E-state index in [-0.39, 0.29) is 17.2 Å². The Morgan fingerprint density at radius 3 is 2.24 bits per heavy atom. The minimum atomic E-state index is -0.553. The molecule has 1 aromatic heterocycles. The van der Waals surface area contributed by atoms with Crippen molar-refractivity contribution in [3.05, 3.63) is 106 Å². The predicted octanol–water partition coefficient (Wildman–Crippen LogP) is 4.00. The van der Waals surface area contributed by atoms with E-state index in [1.807, 2.05) is 24.3 Å². The lowest BCUT2D eigenvalue weighted by Gasteiger charge is -2.09. The van der Waals surface area contributed by atoms with E-state index in [1.54, 1.807) is 66.9 Å². The van der Waals surface area contributed by atoms with Gasteiger partial charge in [-0.25, -0.2) is 15.2 Å². The van der Waals surface area contributed by atoms with E-state index < -0.39 is 11.5 Å². The Labute approximate surface area is 218 Å². The Balaban J connectivity index is 1.29. The number of ether oxygens (including phenoxy) is 3. The fourth-order valence-corrected chi connectivity index (χ4v) is 3.38. The van der Waals surface area contributed by atoms with Crippen molar-refractivity contribution in [2.24, 2.45) is 5.10 Å². The molecule has 4 rings (SSSR count). The van der Waals surface area contributed by atoms with Crippen LogP contribution >= 0.6 is 0 Å². The largest absolute Gasteiger partial charge is 0.490 e. The number of aromatic nitrogens is 2. The summed E-state index contributed by atoms with van der Waals surface area (Å²) in [4.78, 5) is 30.6. The zero-order valence-corrected chi connectivity index (χ0v) is 20.4. The van der Waals surface area contributed by atoms with Gasteiger partial charge in [0.05, 0.1) is 24.6 Å². The molecular weight excluding hydrogens is 486 g/mol. The summed E-state index contributed by atoms with van der Waals surface area (Å²) in [6, 6.07) is 24.8. The molecule has 0 atom stereocenters. The lowest BCUT2D eigenvalue weighted by molar-refractivity contribution is 0.0600. The zero-order valence-electron chi connectivity index (χ0n) is 20.4. The zero-order chi connectivity index (χ0) is 26.7. The number of esters is 1. The molecule has 0 saturated carbocycles. The van der Waals surface area contributed by atoms with Crippen molar-refractivity contribution >= 4 is 18.1 Å². The molecule has 10 nitrogen and oxygen atoms in total. The summed E-state index contributed by atoms with van der Waals surface area (Å²) in [5.74, 6) is 0.992. The highest BCUT2D eigenvalue weighted by atomic mass is 16.5. The standard InChI is InChI=1S/C28H23N5O5/c1-36-27(35)21-9-13-23(14-10-21)38-16-15-37-22-11-7-19(8-12-22)18-30-33-28-31-25(20-5-3-2-4-6-20)24(17-29)26(34)32-28/h2-14,18H,15-16H2,1H3,(H2,31,32,33,34). The number of H-pyrrole nitrogens is 1. The first kappa shape index (κ1) is 25.7. The van der Waals surface area contributed by atoms with E-state index in [0.29, 0.717) is 35.8 Å². The number of benzene rings is 3. The number of methoxy groups -OCH3 is 1. The van der Waals surface area contributed by atoms with Crippen molar-refractivity contribution in [2.75, 3.05) is 25.7 Å². The van der Waals surface area contributed by atoms with Crippen molar-refractivity contribution in [3.8, 4) is 28.8 Å². The molecule has 1 heterocycles. The summed E-state index contributed by atoms with van der Waals surface area (Å²) in [7, 11) is 1.33. The van der Waals surface area contributed by atoms with E-state index in [9.17, 15) is 14.9 Å². The molecule has 0 fully saturated rings. The Morgan fingerprint density at radius 1 is 1.00 bits per heavy atom. The van der Waals surface area contributed by atoms with Crippen LogP contribution in [0.5, 0.6) is 11.5 Å². The van der Waals surface area contributed by atoms with Crippen molar-refractivity contribution < 1.29 is 19.0 Å². The number of carbonyl (C=O) groups is 1. The number of carbonyl (C=O) groups excluding carboxylic acids is 1. The number of nitriles is 1. The molecule has 0 saturated heterocycles. The first-order valence-corrected chi connectivity index (χ1v) is 11.5. The molecule has 10 heteroatoms. The van der Waals surface area contributed by atoms with Crippen molar-refractivity contribution in [1.82, 2.24) is 9.97 Å². The second kappa shape index (κ2) is 12.5. The maximum absolute atomic E-state index is 12.3. The molecule has 38 heavy (non-hydrogen) atoms. The minimum absolute atomic E-state index is 0.0665. The summed E-state index contributed by atoms with van der Waals surface area (Å²) in [6.45, 7) is 0.653. The molecule has 0 bridgehead atoms. The number of rotatable bonds is 10. The maximum atomic E-state index is 12.3. The molecule has 2 N–H and O–H groups in total. The van der Waals surface area contributed by atoms with E-state index in [0.717, 1.165) is 5.56 Å². The number of nitrogens with one attached hydrogen (secondary N) is 2. The van der Waals surface area contributed by atoms with Crippen molar-refractivity contribution in [1.29, 1.82) is 5.26 Å². The monoisotopic (exact) mass is 509 g/mol. The van der Waals surface area contributed by atoms with Crippen LogP contribution in [0, 0.1) is 11.3 Å². The molecule has 0 unspecified atom stereocenters. The highest BCUT2D eigenvalue weighted by Gasteiger charge is 2.12. The van der Waals surface area contributed by atoms with Gasteiger partial charge in [-0.1, -0.05) is 30.3 Å². The first-order chi connectivity index (χ1) is 18.6. The van der Waals surface area contributed by atoms with Crippen LogP contribution in [0.15, 0.2) is 88.8 Å². The Morgan fingerprint density at radius 2 is 1.63 bits per heavy atom. The third-order valence-corrected chi connectivity index (χ3v) is 5.24. The second-order valence-corrected chi connectivity index (χ2v) is 7.77. The molecule has 0 aliphatic heterocycles. The number of hydrogen-bond acceptors (Lipinski definition) is 9. The van der Waals surface area contributed by atoms with Gasteiger partial charge in [-0.2, -0.15) is 10.4 Å². The summed E-state index contributed by atoms with van der Waals surface area (Å²) < 4.78 is 16.0. The Hall–Kier alpha value is -5.43. The summed E-state index contributed by atoms with van der Waals surface area (Å²) in [6.07, 6.45) is 1.56. The molecule has 3 aromatic carbocycles. The number of nitrogens with zero attached hydrogens (tertiary/aromatic N) is 3. The number of aromatic amines is 1. The third-order valence-electron chi connectivity index (χ3n) is 5.24. The lowest BCUT2D eigenvalue weighted by Crippen LogP contribution is -2.16. The first-order valence-electron chi connectivity index (χ1n) is 11.5. The molecular formula is C28H23N5O5. The van der Waals surface area contributed by atoms with Gasteiger partial charge in [-0.05, 0) is 54.1 Å². The Kier molecular flexibility index (Phi) is 8.44. The van der Waals surface area contributed by atoms with Crippen LogP contribution in [0.3, 0.4) is 0 Å². The maximum Gasteiger partial charge on any atom is 0.337 e. The van der Waals surface area contributed by atoms with E-state index >= 15 is 0 Å². The molecule has 0 radical (unpaired) electrons. The molecule has 0 amide bonds. The van der Waals surface area contributed by atoms with E-state index in [1.165, 1.54) is 7.11 Å². The van der Waals surface area contributed by atoms with Crippen LogP contribution in [0.25, 0.3) is 11.3 Å². The highest BCUT2D eigenvalue weighted by molar-refractivity contribution is 5.89. The quantitative estimate of drug-likeness (QED) is 0.142. The molecule has 0 aliphatic carbocycles. The van der Waals surface area contributed by atoms with Gasteiger partial charge in [0.1, 0.15) is 36.3 Å². The fraction of sp³-hybridized carbons (Fsp3) is 0.107. The lowest BCUT2D eigenvalue weighted by atomic mass is 10.1. The topological polar surface area (TPSA) is 139 Å². The molecule has 0 spiro atoms. The van der Waals surface area contributed by atoms with Gasteiger partial charge < -0.3 is 14.2 Å². The van der Waals surface area contributed by atoms with Gasteiger partial charge >= 0.3 is 5.97 Å². The van der Waals surface area contributed by atoms with Gasteiger partial charge in [0, 0.05) is 5.56 Å². The van der Waals surface area contributed by atoms with Crippen LogP contribution in [-0.2, 0) is 4.74 Å². The van der Waals surface area contributed by atoms with Crippen molar-refractivity contribution in [2.45, 2.75) is 0 Å². The van der Waals surface area contributed by atoms with E-state index in [2.05, 4.69) is 25.2 Å². The van der Waals surface area contributed by atoms with E-state index in [4.69, 9.17) is 9.47 Å². The average molecular weight is 510 g/mol. The highest BCUT2D eigenvalue weighted by Crippen LogP contribution is 2.19. The number of hydrazone groups is 1. The predicted molar refractivity (Wildman–Crippen MR) is 141 cm³/mol. The summed E-state index contributed by atoms with van der Waals surface area (Å²) in [5, 5.41) is 13.5. The summed E-state index contributed by atoms with van der Waals surface area (Å²) in [5.41, 5.74) is 4.24. The van der Waals surface area contributed by atoms with Crippen LogP contribution in [0.2, 0.25) is 0 Å². The fourth-order valence-electron chi connectivity index (χ4n) is 3.38. The van der Waals surface area contributed by atoms with Crippen LogP contribution in [-0.4, -0.2) is 42.5 Å².